The van der Waals surface area contributed by atoms with Gasteiger partial charge in [0.25, 0.3) is 0 Å². The Morgan fingerprint density at radius 3 is 3.07 bits per heavy atom. The molecule has 0 spiro atoms. The zero-order valence-electron chi connectivity index (χ0n) is 8.42. The monoisotopic (exact) mass is 230 g/mol. The molecule has 0 saturated heterocycles. The highest BCUT2D eigenvalue weighted by molar-refractivity contribution is 7.99. The van der Waals surface area contributed by atoms with Gasteiger partial charge in [-0.2, -0.15) is 0 Å². The highest BCUT2D eigenvalue weighted by atomic mass is 32.2. The van der Waals surface area contributed by atoms with Crippen LogP contribution in [0.2, 0.25) is 0 Å². The average Bonchev–Trinajstić information content (AvgIpc) is 2.66. The Kier molecular flexibility index (Phi) is 4.51. The predicted octanol–water partition coefficient (Wildman–Crippen LogP) is 1.67. The molecule has 0 aliphatic rings. The fraction of sp³-hybridized carbons (Fsp3) is 0.444. The normalized spacial score (nSPS) is 12.4. The fourth-order valence-corrected chi connectivity index (χ4v) is 1.86. The Morgan fingerprint density at radius 2 is 2.53 bits per heavy atom. The number of amides is 2. The van der Waals surface area contributed by atoms with E-state index in [0.29, 0.717) is 10.8 Å². The second kappa shape index (κ2) is 5.67. The summed E-state index contributed by atoms with van der Waals surface area (Å²) >= 11 is 1.58. The molecule has 0 fully saturated rings. The first-order chi connectivity index (χ1) is 7.09. The number of carbonyl (C=O) groups is 1. The molecule has 0 bridgehead atoms. The Morgan fingerprint density at radius 1 is 1.80 bits per heavy atom. The summed E-state index contributed by atoms with van der Waals surface area (Å²) in [4.78, 5) is 10.5. The van der Waals surface area contributed by atoms with Crippen LogP contribution in [-0.4, -0.2) is 28.1 Å². The Bertz CT molecular complexity index is 302. The van der Waals surface area contributed by atoms with Crippen molar-refractivity contribution in [1.29, 1.82) is 0 Å². The number of carbonyl (C=O) groups excluding carboxylic acids is 1. The maximum atomic E-state index is 10.5. The molecule has 0 aliphatic carbocycles. The van der Waals surface area contributed by atoms with Crippen LogP contribution in [0, 0.1) is 0 Å². The van der Waals surface area contributed by atoms with Crippen molar-refractivity contribution in [2.45, 2.75) is 17.9 Å². The van der Waals surface area contributed by atoms with Crippen LogP contribution in [0.1, 0.15) is 12.7 Å². The lowest BCUT2D eigenvalue weighted by Crippen LogP contribution is -2.36. The van der Waals surface area contributed by atoms with Gasteiger partial charge in [-0.25, -0.2) is 9.86 Å². The minimum Gasteiger partial charge on any atom is -0.468 e. The summed E-state index contributed by atoms with van der Waals surface area (Å²) in [6, 6.07) is 2.87. The van der Waals surface area contributed by atoms with Crippen molar-refractivity contribution in [3.05, 3.63) is 24.2 Å². The summed E-state index contributed by atoms with van der Waals surface area (Å²) in [6.45, 7) is 2.11. The third-order valence-corrected chi connectivity index (χ3v) is 2.94. The first kappa shape index (κ1) is 11.9. The van der Waals surface area contributed by atoms with Crippen LogP contribution in [0.3, 0.4) is 0 Å². The molecular weight excluding hydrogens is 216 g/mol. The van der Waals surface area contributed by atoms with Crippen LogP contribution in [0.25, 0.3) is 0 Å². The summed E-state index contributed by atoms with van der Waals surface area (Å²) in [5.41, 5.74) is 4.88. The van der Waals surface area contributed by atoms with E-state index in [0.717, 1.165) is 5.76 Å². The zero-order valence-corrected chi connectivity index (χ0v) is 9.24. The highest BCUT2D eigenvalue weighted by Gasteiger charge is 2.11. The quantitative estimate of drug-likeness (QED) is 0.595. The molecule has 0 aliphatic heterocycles. The van der Waals surface area contributed by atoms with Gasteiger partial charge in [-0.15, -0.1) is 11.8 Å². The molecule has 1 rings (SSSR count). The van der Waals surface area contributed by atoms with Crippen molar-refractivity contribution in [3.63, 3.8) is 0 Å². The van der Waals surface area contributed by atoms with Crippen LogP contribution >= 0.6 is 11.8 Å². The van der Waals surface area contributed by atoms with Gasteiger partial charge in [-0.1, -0.05) is 6.92 Å². The third-order valence-electron chi connectivity index (χ3n) is 1.77. The Balaban J connectivity index is 2.24. The summed E-state index contributed by atoms with van der Waals surface area (Å²) in [7, 11) is 0. The lowest BCUT2D eigenvalue weighted by atomic mass is 10.5. The molecule has 0 aromatic carbocycles. The number of hydrogen-bond acceptors (Lipinski definition) is 4. The number of rotatable bonds is 5. The van der Waals surface area contributed by atoms with E-state index in [1.54, 1.807) is 18.0 Å². The molecule has 1 unspecified atom stereocenters. The molecule has 15 heavy (non-hydrogen) atoms. The highest BCUT2D eigenvalue weighted by Crippen LogP contribution is 2.18. The number of primary amides is 1. The molecule has 2 amide bonds. The van der Waals surface area contributed by atoms with Crippen LogP contribution in [0.4, 0.5) is 4.79 Å². The minimum atomic E-state index is -0.833. The van der Waals surface area contributed by atoms with E-state index in [-0.39, 0.29) is 11.8 Å². The van der Waals surface area contributed by atoms with E-state index in [9.17, 15) is 4.79 Å². The smallest absolute Gasteiger partial charge is 0.338 e. The number of thioether (sulfide) groups is 1. The number of furan rings is 1. The average molecular weight is 230 g/mol. The SMILES string of the molecule is CC(CN(O)C(N)=O)SCc1ccco1. The van der Waals surface area contributed by atoms with Crippen LogP contribution in [0.15, 0.2) is 22.8 Å². The Labute approximate surface area is 92.2 Å². The van der Waals surface area contributed by atoms with Gasteiger partial charge in [-0.3, -0.25) is 5.21 Å². The van der Waals surface area contributed by atoms with Gasteiger partial charge in [0.1, 0.15) is 5.76 Å². The number of nitrogens with two attached hydrogens (primary N) is 1. The van der Waals surface area contributed by atoms with Gasteiger partial charge >= 0.3 is 6.03 Å². The molecule has 0 radical (unpaired) electrons. The maximum Gasteiger partial charge on any atom is 0.338 e. The molecule has 1 atom stereocenters. The minimum absolute atomic E-state index is 0.0904. The lowest BCUT2D eigenvalue weighted by molar-refractivity contribution is -0.0378. The van der Waals surface area contributed by atoms with Crippen molar-refractivity contribution >= 4 is 17.8 Å². The molecule has 3 N–H and O–H groups in total. The summed E-state index contributed by atoms with van der Waals surface area (Å²) < 4.78 is 5.15. The molecular formula is C9H14N2O3S. The molecule has 5 nitrogen and oxygen atoms in total. The second-order valence-electron chi connectivity index (χ2n) is 3.12. The summed E-state index contributed by atoms with van der Waals surface area (Å²) in [6.07, 6.45) is 1.61. The number of urea groups is 1. The van der Waals surface area contributed by atoms with E-state index in [2.05, 4.69) is 0 Å². The first-order valence-corrected chi connectivity index (χ1v) is 5.54. The van der Waals surface area contributed by atoms with E-state index in [4.69, 9.17) is 15.4 Å². The summed E-state index contributed by atoms with van der Waals surface area (Å²) in [5, 5.41) is 9.68. The van der Waals surface area contributed by atoms with Gasteiger partial charge in [0, 0.05) is 5.25 Å². The van der Waals surface area contributed by atoms with Gasteiger partial charge in [0.15, 0.2) is 0 Å². The lowest BCUT2D eigenvalue weighted by Gasteiger charge is -2.16. The van der Waals surface area contributed by atoms with E-state index in [1.165, 1.54) is 0 Å². The number of hydroxylamine groups is 2. The molecule has 1 aromatic heterocycles. The molecule has 84 valence electrons. The second-order valence-corrected chi connectivity index (χ2v) is 4.55. The van der Waals surface area contributed by atoms with Gasteiger partial charge in [0.2, 0.25) is 0 Å². The zero-order chi connectivity index (χ0) is 11.3. The van der Waals surface area contributed by atoms with Crippen molar-refractivity contribution in [2.75, 3.05) is 6.54 Å². The number of nitrogens with zero attached hydrogens (tertiary/aromatic N) is 1. The molecule has 6 heteroatoms. The van der Waals surface area contributed by atoms with Crippen molar-refractivity contribution < 1.29 is 14.4 Å². The molecule has 1 heterocycles. The van der Waals surface area contributed by atoms with Gasteiger partial charge in [0.05, 0.1) is 18.6 Å². The molecule has 0 saturated carbocycles. The predicted molar refractivity (Wildman–Crippen MR) is 57.5 cm³/mol. The van der Waals surface area contributed by atoms with E-state index in [1.807, 2.05) is 19.1 Å². The van der Waals surface area contributed by atoms with Crippen LogP contribution < -0.4 is 5.73 Å². The van der Waals surface area contributed by atoms with Crippen molar-refractivity contribution in [1.82, 2.24) is 5.06 Å². The number of hydrogen-bond donors (Lipinski definition) is 2. The fourth-order valence-electron chi connectivity index (χ4n) is 1.01. The molecule has 1 aromatic rings. The van der Waals surface area contributed by atoms with Crippen LogP contribution in [0.5, 0.6) is 0 Å². The van der Waals surface area contributed by atoms with Crippen molar-refractivity contribution in [2.24, 2.45) is 5.73 Å². The largest absolute Gasteiger partial charge is 0.468 e. The van der Waals surface area contributed by atoms with Crippen molar-refractivity contribution in [3.8, 4) is 0 Å². The third kappa shape index (κ3) is 4.26. The van der Waals surface area contributed by atoms with E-state index >= 15 is 0 Å². The summed E-state index contributed by atoms with van der Waals surface area (Å²) in [5.74, 6) is 1.58. The maximum absolute atomic E-state index is 10.5. The van der Waals surface area contributed by atoms with Crippen LogP contribution in [-0.2, 0) is 5.75 Å². The topological polar surface area (TPSA) is 79.7 Å². The Hall–Kier alpha value is -1.14. The first-order valence-electron chi connectivity index (χ1n) is 4.49. The van der Waals surface area contributed by atoms with Gasteiger partial charge < -0.3 is 10.2 Å². The van der Waals surface area contributed by atoms with Gasteiger partial charge in [-0.05, 0) is 12.1 Å². The van der Waals surface area contributed by atoms with E-state index < -0.39 is 6.03 Å². The standard InChI is InChI=1S/C9H14N2O3S/c1-7(5-11(13)9(10)12)15-6-8-3-2-4-14-8/h2-4,7,13H,5-6H2,1H3,(H2,10,12).